The Morgan fingerprint density at radius 3 is 2.29 bits per heavy atom. The highest BCUT2D eigenvalue weighted by atomic mass is 79.9. The molecule has 1 aliphatic rings. The van der Waals surface area contributed by atoms with Gasteiger partial charge in [-0.15, -0.1) is 22.9 Å². The Balaban J connectivity index is 1.99. The highest BCUT2D eigenvalue weighted by Gasteiger charge is 2.21. The Kier molecular flexibility index (Phi) is 5.21. The van der Waals surface area contributed by atoms with E-state index in [0.29, 0.717) is 13.2 Å². The van der Waals surface area contributed by atoms with Gasteiger partial charge in [0.2, 0.25) is 0 Å². The number of rotatable bonds is 2. The molecule has 1 aromatic carbocycles. The second-order valence-corrected chi connectivity index (χ2v) is 9.05. The summed E-state index contributed by atoms with van der Waals surface area (Å²) in [5, 5.41) is -0.246. The lowest BCUT2D eigenvalue weighted by Gasteiger charge is -2.14. The van der Waals surface area contributed by atoms with Crippen LogP contribution < -0.4 is 9.47 Å². The molecule has 2 nitrogen and oxygen atoms in total. The van der Waals surface area contributed by atoms with Crippen molar-refractivity contribution in [3.8, 4) is 11.5 Å². The zero-order valence-corrected chi connectivity index (χ0v) is 17.0. The Hall–Kier alpha value is 0.250. The number of fused-ring (bicyclic) bond motifs is 1. The fourth-order valence-electron chi connectivity index (χ4n) is 2.04. The number of hydrogen-bond acceptors (Lipinski definition) is 3. The van der Waals surface area contributed by atoms with Crippen molar-refractivity contribution in [2.24, 2.45) is 0 Å². The number of ether oxygens (including phenoxy) is 2. The van der Waals surface area contributed by atoms with Crippen molar-refractivity contribution < 1.29 is 9.47 Å². The van der Waals surface area contributed by atoms with Crippen LogP contribution in [0.1, 0.15) is 22.2 Å². The number of halogens is 4. The van der Waals surface area contributed by atoms with E-state index >= 15 is 0 Å². The van der Waals surface area contributed by atoms with Gasteiger partial charge in [-0.1, -0.05) is 15.9 Å². The topological polar surface area (TPSA) is 18.5 Å². The van der Waals surface area contributed by atoms with Crippen LogP contribution in [0.2, 0.25) is 0 Å². The molecular weight excluding hydrogens is 507 g/mol. The van der Waals surface area contributed by atoms with Crippen LogP contribution in [0.3, 0.4) is 0 Å². The smallest absolute Gasteiger partial charge is 0.162 e. The van der Waals surface area contributed by atoms with Gasteiger partial charge in [-0.3, -0.25) is 0 Å². The maximum absolute atomic E-state index is 6.65. The van der Waals surface area contributed by atoms with Crippen molar-refractivity contribution in [3.05, 3.63) is 41.4 Å². The van der Waals surface area contributed by atoms with Crippen LogP contribution in [-0.2, 0) is 0 Å². The highest BCUT2D eigenvalue weighted by molar-refractivity contribution is 9.13. The van der Waals surface area contributed by atoms with Crippen LogP contribution in [0.25, 0.3) is 0 Å². The van der Waals surface area contributed by atoms with Gasteiger partial charge in [0, 0.05) is 20.2 Å². The van der Waals surface area contributed by atoms with Gasteiger partial charge < -0.3 is 9.47 Å². The van der Waals surface area contributed by atoms with E-state index in [0.717, 1.165) is 41.1 Å². The molecule has 1 atom stereocenters. The molecule has 0 fully saturated rings. The third-order valence-electron chi connectivity index (χ3n) is 3.05. The number of alkyl halides is 1. The van der Waals surface area contributed by atoms with Gasteiger partial charge in [0.05, 0.1) is 22.4 Å². The number of thiophene rings is 1. The summed E-state index contributed by atoms with van der Waals surface area (Å²) in [5.74, 6) is 1.52. The van der Waals surface area contributed by atoms with Crippen molar-refractivity contribution in [2.75, 3.05) is 13.2 Å². The van der Waals surface area contributed by atoms with E-state index in [1.54, 1.807) is 11.3 Å². The fourth-order valence-corrected chi connectivity index (χ4v) is 5.18. The first-order valence-corrected chi connectivity index (χ1v) is 9.87. The van der Waals surface area contributed by atoms with Crippen LogP contribution in [0.4, 0.5) is 0 Å². The van der Waals surface area contributed by atoms with Gasteiger partial charge in [-0.05, 0) is 55.6 Å². The largest absolute Gasteiger partial charge is 0.490 e. The van der Waals surface area contributed by atoms with E-state index in [1.807, 2.05) is 18.2 Å². The van der Waals surface area contributed by atoms with Crippen LogP contribution in [-0.4, -0.2) is 13.2 Å². The lowest BCUT2D eigenvalue weighted by molar-refractivity contribution is 0.297. The molecule has 112 valence electrons. The standard InChI is InChI=1S/C14H10Br3ClO2S/c15-8-5-11-10(19-2-1-3-20-11)4-7(8)13(18)12-6-9(16)14(17)21-12/h4-6,13H,1-3H2. The van der Waals surface area contributed by atoms with E-state index in [-0.39, 0.29) is 5.38 Å². The minimum atomic E-state index is -0.246. The third-order valence-corrected chi connectivity index (χ3v) is 7.66. The maximum atomic E-state index is 6.65. The molecule has 2 aromatic rings. The molecule has 0 saturated heterocycles. The second kappa shape index (κ2) is 6.79. The summed E-state index contributed by atoms with van der Waals surface area (Å²) in [4.78, 5) is 1.06. The summed E-state index contributed by atoms with van der Waals surface area (Å²) in [6.45, 7) is 1.34. The van der Waals surface area contributed by atoms with E-state index in [4.69, 9.17) is 21.1 Å². The molecule has 1 aromatic heterocycles. The molecule has 21 heavy (non-hydrogen) atoms. The average Bonchev–Trinajstić information content (AvgIpc) is 2.66. The number of hydrogen-bond donors (Lipinski definition) is 0. The summed E-state index contributed by atoms with van der Waals surface area (Å²) in [7, 11) is 0. The number of benzene rings is 1. The van der Waals surface area contributed by atoms with Crippen molar-refractivity contribution in [1.82, 2.24) is 0 Å². The van der Waals surface area contributed by atoms with Crippen molar-refractivity contribution in [2.45, 2.75) is 11.8 Å². The van der Waals surface area contributed by atoms with Gasteiger partial charge in [-0.25, -0.2) is 0 Å². The van der Waals surface area contributed by atoms with Gasteiger partial charge in [0.25, 0.3) is 0 Å². The van der Waals surface area contributed by atoms with Crippen molar-refractivity contribution >= 4 is 70.7 Å². The summed E-state index contributed by atoms with van der Waals surface area (Å²) in [6, 6.07) is 5.93. The molecule has 1 aliphatic heterocycles. The summed E-state index contributed by atoms with van der Waals surface area (Å²) in [6.07, 6.45) is 0.886. The van der Waals surface area contributed by atoms with Crippen LogP contribution in [0.15, 0.2) is 30.9 Å². The second-order valence-electron chi connectivity index (χ2n) is 4.50. The Labute approximate surface area is 157 Å². The van der Waals surface area contributed by atoms with Crippen LogP contribution in [0.5, 0.6) is 11.5 Å². The molecule has 0 N–H and O–H groups in total. The molecule has 3 rings (SSSR count). The Bertz CT molecular complexity index is 655. The molecule has 0 spiro atoms. The van der Waals surface area contributed by atoms with Crippen molar-refractivity contribution in [1.29, 1.82) is 0 Å². The molecule has 0 radical (unpaired) electrons. The highest BCUT2D eigenvalue weighted by Crippen LogP contribution is 2.45. The summed E-state index contributed by atoms with van der Waals surface area (Å²) in [5.41, 5.74) is 0.974. The lowest BCUT2D eigenvalue weighted by atomic mass is 10.1. The summed E-state index contributed by atoms with van der Waals surface area (Å²) >= 11 is 18.8. The van der Waals surface area contributed by atoms with Gasteiger partial charge in [0.15, 0.2) is 11.5 Å². The molecule has 0 amide bonds. The fraction of sp³-hybridized carbons (Fsp3) is 0.286. The first-order chi connectivity index (χ1) is 10.1. The van der Waals surface area contributed by atoms with Crippen LogP contribution in [0, 0.1) is 0 Å². The quantitative estimate of drug-likeness (QED) is 0.422. The molecule has 0 aliphatic carbocycles. The minimum Gasteiger partial charge on any atom is -0.490 e. The van der Waals surface area contributed by atoms with Crippen LogP contribution >= 0.6 is 70.7 Å². The van der Waals surface area contributed by atoms with Crippen molar-refractivity contribution in [3.63, 3.8) is 0 Å². The molecular formula is C14H10Br3ClO2S. The predicted molar refractivity (Wildman–Crippen MR) is 97.2 cm³/mol. The van der Waals surface area contributed by atoms with E-state index in [1.165, 1.54) is 0 Å². The van der Waals surface area contributed by atoms with E-state index in [2.05, 4.69) is 47.8 Å². The Morgan fingerprint density at radius 2 is 1.67 bits per heavy atom. The molecule has 0 bridgehead atoms. The van der Waals surface area contributed by atoms with Gasteiger partial charge in [-0.2, -0.15) is 0 Å². The van der Waals surface area contributed by atoms with Gasteiger partial charge in [0.1, 0.15) is 0 Å². The van der Waals surface area contributed by atoms with E-state index < -0.39 is 0 Å². The first kappa shape index (κ1) is 16.1. The molecule has 7 heteroatoms. The molecule has 1 unspecified atom stereocenters. The van der Waals surface area contributed by atoms with Gasteiger partial charge >= 0.3 is 0 Å². The Morgan fingerprint density at radius 1 is 1.00 bits per heavy atom. The van der Waals surface area contributed by atoms with E-state index in [9.17, 15) is 0 Å². The first-order valence-electron chi connectivity index (χ1n) is 6.24. The molecule has 2 heterocycles. The summed E-state index contributed by atoms with van der Waals surface area (Å²) < 4.78 is 14.4. The zero-order valence-electron chi connectivity index (χ0n) is 10.7. The SMILES string of the molecule is ClC(c1cc(Br)c(Br)s1)c1cc2c(cc1Br)OCCCO2. The third kappa shape index (κ3) is 3.44. The predicted octanol–water partition coefficient (Wildman–Crippen LogP) is 6.53. The zero-order chi connectivity index (χ0) is 15.0. The maximum Gasteiger partial charge on any atom is 0.162 e. The minimum absolute atomic E-state index is 0.246. The molecule has 0 saturated carbocycles. The average molecular weight is 517 g/mol. The lowest BCUT2D eigenvalue weighted by Crippen LogP contribution is -1.97. The monoisotopic (exact) mass is 514 g/mol. The normalized spacial score (nSPS) is 15.6.